The molecule has 106 valence electrons. The Kier molecular flexibility index (Phi) is 4.40. The lowest BCUT2D eigenvalue weighted by Crippen LogP contribution is -2.31. The summed E-state index contributed by atoms with van der Waals surface area (Å²) in [4.78, 5) is 22.9. The van der Waals surface area contributed by atoms with Crippen LogP contribution in [0.5, 0.6) is 0 Å². The number of carbonyl (C=O) groups excluding carboxylic acids is 2. The van der Waals surface area contributed by atoms with Gasteiger partial charge in [0.25, 0.3) is 0 Å². The molecule has 1 amide bonds. The molecule has 0 aliphatic rings. The van der Waals surface area contributed by atoms with Gasteiger partial charge in [-0.1, -0.05) is 12.1 Å². The highest BCUT2D eigenvalue weighted by atomic mass is 16.5. The van der Waals surface area contributed by atoms with Gasteiger partial charge >= 0.3 is 5.97 Å². The number of nitrogens with one attached hydrogen (secondary N) is 1. The lowest BCUT2D eigenvalue weighted by atomic mass is 10.1. The molecule has 0 aliphatic carbocycles. The summed E-state index contributed by atoms with van der Waals surface area (Å²) < 4.78 is 10.2. The van der Waals surface area contributed by atoms with Crippen LogP contribution in [0.4, 0.5) is 0 Å². The van der Waals surface area contributed by atoms with Crippen molar-refractivity contribution in [3.63, 3.8) is 0 Å². The zero-order valence-electron chi connectivity index (χ0n) is 11.6. The van der Waals surface area contributed by atoms with E-state index in [1.807, 2.05) is 25.1 Å². The molecule has 0 aliphatic heterocycles. The minimum Gasteiger partial charge on any atom is -0.465 e. The van der Waals surface area contributed by atoms with Gasteiger partial charge in [-0.15, -0.1) is 0 Å². The van der Waals surface area contributed by atoms with E-state index in [2.05, 4.69) is 5.32 Å². The molecule has 2 aromatic rings. The lowest BCUT2D eigenvalue weighted by Gasteiger charge is -2.04. The first-order chi connectivity index (χ1) is 9.60. The van der Waals surface area contributed by atoms with Gasteiger partial charge in [-0.2, -0.15) is 0 Å². The molecule has 0 bridgehead atoms. The number of rotatable bonds is 5. The highest BCUT2D eigenvalue weighted by Gasteiger charge is 2.11. The van der Waals surface area contributed by atoms with Crippen LogP contribution in [0.15, 0.2) is 28.9 Å². The minimum atomic E-state index is -0.437. The molecule has 20 heavy (non-hydrogen) atoms. The molecule has 2 rings (SSSR count). The van der Waals surface area contributed by atoms with Gasteiger partial charge in [-0.3, -0.25) is 9.59 Å². The Labute approximate surface area is 116 Å². The molecule has 1 heterocycles. The summed E-state index contributed by atoms with van der Waals surface area (Å²) in [6.45, 7) is 3.90. The van der Waals surface area contributed by atoms with Crippen molar-refractivity contribution in [3.05, 3.63) is 35.6 Å². The summed E-state index contributed by atoms with van der Waals surface area (Å²) >= 11 is 0. The summed E-state index contributed by atoms with van der Waals surface area (Å²) in [7, 11) is 0. The fourth-order valence-corrected chi connectivity index (χ4v) is 1.95. The Morgan fingerprint density at radius 1 is 1.35 bits per heavy atom. The molecule has 0 unspecified atom stereocenters. The maximum atomic E-state index is 11.8. The van der Waals surface area contributed by atoms with Crippen LogP contribution in [0.1, 0.15) is 18.1 Å². The summed E-state index contributed by atoms with van der Waals surface area (Å²) in [5.41, 5.74) is 2.67. The van der Waals surface area contributed by atoms with Crippen molar-refractivity contribution in [2.75, 3.05) is 13.2 Å². The van der Waals surface area contributed by atoms with Crippen LogP contribution in [0.2, 0.25) is 0 Å². The first-order valence-electron chi connectivity index (χ1n) is 6.49. The SMILES string of the molecule is CCOC(=O)CNC(=O)Cc1coc2cc(C)ccc12. The molecule has 1 N–H and O–H groups in total. The standard InChI is InChI=1S/C15H17NO4/c1-3-19-15(18)8-16-14(17)7-11-9-20-13-6-10(2)4-5-12(11)13/h4-6,9H,3,7-8H2,1-2H3,(H,16,17). The number of fused-ring (bicyclic) bond motifs is 1. The predicted octanol–water partition coefficient (Wildman–Crippen LogP) is 1.96. The van der Waals surface area contributed by atoms with Gasteiger partial charge in [0.05, 0.1) is 19.3 Å². The van der Waals surface area contributed by atoms with Gasteiger partial charge in [0.15, 0.2) is 0 Å². The number of hydrogen-bond donors (Lipinski definition) is 1. The third-order valence-electron chi connectivity index (χ3n) is 2.90. The van der Waals surface area contributed by atoms with Crippen molar-refractivity contribution in [2.24, 2.45) is 0 Å². The van der Waals surface area contributed by atoms with Gasteiger partial charge in [0.2, 0.25) is 5.91 Å². The van der Waals surface area contributed by atoms with Crippen LogP contribution in [0, 0.1) is 6.92 Å². The van der Waals surface area contributed by atoms with E-state index < -0.39 is 5.97 Å². The second kappa shape index (κ2) is 6.23. The molecule has 5 heteroatoms. The Morgan fingerprint density at radius 3 is 2.90 bits per heavy atom. The topological polar surface area (TPSA) is 68.5 Å². The Morgan fingerprint density at radius 2 is 2.15 bits per heavy atom. The average Bonchev–Trinajstić information content (AvgIpc) is 2.79. The van der Waals surface area contributed by atoms with Crippen molar-refractivity contribution < 1.29 is 18.7 Å². The third-order valence-corrected chi connectivity index (χ3v) is 2.90. The zero-order valence-corrected chi connectivity index (χ0v) is 11.6. The van der Waals surface area contributed by atoms with E-state index in [0.29, 0.717) is 6.61 Å². The first-order valence-corrected chi connectivity index (χ1v) is 6.49. The molecule has 0 saturated carbocycles. The van der Waals surface area contributed by atoms with Crippen molar-refractivity contribution in [2.45, 2.75) is 20.3 Å². The highest BCUT2D eigenvalue weighted by Crippen LogP contribution is 2.22. The van der Waals surface area contributed by atoms with Crippen molar-refractivity contribution in [1.82, 2.24) is 5.32 Å². The Hall–Kier alpha value is -2.30. The van der Waals surface area contributed by atoms with Crippen LogP contribution in [-0.2, 0) is 20.7 Å². The van der Waals surface area contributed by atoms with E-state index in [-0.39, 0.29) is 18.9 Å². The molecule has 5 nitrogen and oxygen atoms in total. The molecule has 1 aromatic carbocycles. The number of aryl methyl sites for hydroxylation is 1. The monoisotopic (exact) mass is 275 g/mol. The number of hydrogen-bond acceptors (Lipinski definition) is 4. The Bertz CT molecular complexity index is 630. The zero-order chi connectivity index (χ0) is 14.5. The van der Waals surface area contributed by atoms with Crippen molar-refractivity contribution >= 4 is 22.8 Å². The number of benzene rings is 1. The fraction of sp³-hybridized carbons (Fsp3) is 0.333. The molecule has 1 aromatic heterocycles. The van der Waals surface area contributed by atoms with E-state index >= 15 is 0 Å². The number of ether oxygens (including phenoxy) is 1. The highest BCUT2D eigenvalue weighted by molar-refractivity contribution is 5.89. The van der Waals surface area contributed by atoms with Crippen molar-refractivity contribution in [1.29, 1.82) is 0 Å². The minimum absolute atomic E-state index is 0.110. The number of carbonyl (C=O) groups is 2. The lowest BCUT2D eigenvalue weighted by molar-refractivity contribution is -0.143. The average molecular weight is 275 g/mol. The van der Waals surface area contributed by atoms with Crippen LogP contribution in [-0.4, -0.2) is 25.0 Å². The molecular weight excluding hydrogens is 258 g/mol. The normalized spacial score (nSPS) is 10.5. The summed E-state index contributed by atoms with van der Waals surface area (Å²) in [6.07, 6.45) is 1.75. The number of amides is 1. The second-order valence-corrected chi connectivity index (χ2v) is 4.52. The van der Waals surface area contributed by atoms with Crippen molar-refractivity contribution in [3.8, 4) is 0 Å². The number of furan rings is 1. The van der Waals surface area contributed by atoms with Gasteiger partial charge in [-0.05, 0) is 25.5 Å². The summed E-state index contributed by atoms with van der Waals surface area (Å²) in [6, 6.07) is 5.83. The molecule has 0 fully saturated rings. The van der Waals surface area contributed by atoms with Crippen LogP contribution < -0.4 is 5.32 Å². The molecule has 0 atom stereocenters. The van der Waals surface area contributed by atoms with E-state index in [4.69, 9.17) is 9.15 Å². The predicted molar refractivity (Wildman–Crippen MR) is 74.3 cm³/mol. The second-order valence-electron chi connectivity index (χ2n) is 4.52. The third kappa shape index (κ3) is 3.38. The number of esters is 1. The van der Waals surface area contributed by atoms with E-state index in [9.17, 15) is 9.59 Å². The van der Waals surface area contributed by atoms with Gasteiger partial charge < -0.3 is 14.5 Å². The van der Waals surface area contributed by atoms with Gasteiger partial charge in [0.1, 0.15) is 12.1 Å². The quantitative estimate of drug-likeness (QED) is 0.847. The van der Waals surface area contributed by atoms with E-state index in [0.717, 1.165) is 22.1 Å². The molecule has 0 spiro atoms. The van der Waals surface area contributed by atoms with Crippen LogP contribution in [0.3, 0.4) is 0 Å². The van der Waals surface area contributed by atoms with Crippen LogP contribution >= 0.6 is 0 Å². The largest absolute Gasteiger partial charge is 0.465 e. The summed E-state index contributed by atoms with van der Waals surface area (Å²) in [5, 5.41) is 3.44. The smallest absolute Gasteiger partial charge is 0.325 e. The first kappa shape index (κ1) is 14.1. The summed E-state index contributed by atoms with van der Waals surface area (Å²) in [5.74, 6) is -0.671. The van der Waals surface area contributed by atoms with Crippen LogP contribution in [0.25, 0.3) is 11.0 Å². The van der Waals surface area contributed by atoms with E-state index in [1.165, 1.54) is 0 Å². The fourth-order valence-electron chi connectivity index (χ4n) is 1.95. The maximum Gasteiger partial charge on any atom is 0.325 e. The molecular formula is C15H17NO4. The maximum absolute atomic E-state index is 11.8. The van der Waals surface area contributed by atoms with E-state index in [1.54, 1.807) is 13.2 Å². The van der Waals surface area contributed by atoms with Gasteiger partial charge in [-0.25, -0.2) is 0 Å². The van der Waals surface area contributed by atoms with Gasteiger partial charge in [0, 0.05) is 10.9 Å². The molecule has 0 radical (unpaired) electrons. The molecule has 0 saturated heterocycles. The Balaban J connectivity index is 1.98.